The van der Waals surface area contributed by atoms with E-state index in [0.29, 0.717) is 12.2 Å². The number of hydrogen-bond donors (Lipinski definition) is 1. The van der Waals surface area contributed by atoms with Crippen molar-refractivity contribution in [3.8, 4) is 0 Å². The minimum absolute atomic E-state index is 0.0349. The Kier molecular flexibility index (Phi) is 4.92. The highest BCUT2D eigenvalue weighted by Crippen LogP contribution is 2.26. The van der Waals surface area contributed by atoms with Crippen molar-refractivity contribution in [3.05, 3.63) is 33.9 Å². The molecule has 1 aliphatic rings. The second kappa shape index (κ2) is 6.67. The molecule has 1 unspecified atom stereocenters. The van der Waals surface area contributed by atoms with Gasteiger partial charge in [-0.05, 0) is 31.9 Å². The molecular formula is C14H20N2O4. The van der Waals surface area contributed by atoms with E-state index in [1.54, 1.807) is 19.1 Å². The van der Waals surface area contributed by atoms with Crippen molar-refractivity contribution in [3.63, 3.8) is 0 Å². The molecule has 6 heteroatoms. The molecule has 0 radical (unpaired) electrons. The standard InChI is InChI=1S/C14H20N2O4/c1-11-9-12(4-5-14(11)16(18)19)15-6-2-3-13(10-15)20-8-7-17/h4-5,9,13,17H,2-3,6-8,10H2,1H3. The van der Waals surface area contributed by atoms with Crippen molar-refractivity contribution < 1.29 is 14.8 Å². The number of hydrogen-bond acceptors (Lipinski definition) is 5. The molecule has 1 heterocycles. The van der Waals surface area contributed by atoms with Crippen LogP contribution in [-0.4, -0.2) is 42.4 Å². The minimum Gasteiger partial charge on any atom is -0.394 e. The summed E-state index contributed by atoms with van der Waals surface area (Å²) in [6.07, 6.45) is 2.13. The van der Waals surface area contributed by atoms with Gasteiger partial charge in [-0.3, -0.25) is 10.1 Å². The van der Waals surface area contributed by atoms with Crippen LogP contribution in [0.25, 0.3) is 0 Å². The van der Waals surface area contributed by atoms with E-state index in [1.807, 2.05) is 6.07 Å². The Morgan fingerprint density at radius 3 is 3.00 bits per heavy atom. The first-order valence-corrected chi connectivity index (χ1v) is 6.84. The first-order valence-electron chi connectivity index (χ1n) is 6.84. The van der Waals surface area contributed by atoms with Gasteiger partial charge in [0.25, 0.3) is 5.69 Å². The Labute approximate surface area is 118 Å². The van der Waals surface area contributed by atoms with E-state index < -0.39 is 0 Å². The van der Waals surface area contributed by atoms with Crippen molar-refractivity contribution in [2.75, 3.05) is 31.2 Å². The zero-order valence-electron chi connectivity index (χ0n) is 11.6. The fourth-order valence-corrected chi connectivity index (χ4v) is 2.57. The van der Waals surface area contributed by atoms with E-state index in [0.717, 1.165) is 31.6 Å². The number of aryl methyl sites for hydroxylation is 1. The Morgan fingerprint density at radius 2 is 2.35 bits per heavy atom. The first kappa shape index (κ1) is 14.7. The van der Waals surface area contributed by atoms with Gasteiger partial charge < -0.3 is 14.7 Å². The van der Waals surface area contributed by atoms with E-state index in [1.165, 1.54) is 0 Å². The summed E-state index contributed by atoms with van der Waals surface area (Å²) in [5, 5.41) is 19.6. The van der Waals surface area contributed by atoms with Gasteiger partial charge in [0.05, 0.1) is 24.2 Å². The summed E-state index contributed by atoms with van der Waals surface area (Å²) in [4.78, 5) is 12.7. The quantitative estimate of drug-likeness (QED) is 0.658. The molecule has 1 aliphatic heterocycles. The van der Waals surface area contributed by atoms with Gasteiger partial charge in [-0.25, -0.2) is 0 Å². The van der Waals surface area contributed by atoms with Gasteiger partial charge in [0.2, 0.25) is 0 Å². The molecule has 0 amide bonds. The highest BCUT2D eigenvalue weighted by atomic mass is 16.6. The molecule has 20 heavy (non-hydrogen) atoms. The van der Waals surface area contributed by atoms with E-state index in [9.17, 15) is 10.1 Å². The van der Waals surface area contributed by atoms with Gasteiger partial charge in [0, 0.05) is 30.4 Å². The van der Waals surface area contributed by atoms with Crippen molar-refractivity contribution in [1.82, 2.24) is 0 Å². The van der Waals surface area contributed by atoms with Crippen LogP contribution in [0.2, 0.25) is 0 Å². The molecule has 1 N–H and O–H groups in total. The van der Waals surface area contributed by atoms with E-state index >= 15 is 0 Å². The second-order valence-corrected chi connectivity index (χ2v) is 5.03. The third-order valence-electron chi connectivity index (χ3n) is 3.57. The Bertz CT molecular complexity index is 478. The predicted molar refractivity (Wildman–Crippen MR) is 76.1 cm³/mol. The SMILES string of the molecule is Cc1cc(N2CCCC(OCCO)C2)ccc1[N+](=O)[O-]. The van der Waals surface area contributed by atoms with Gasteiger partial charge in [0.1, 0.15) is 0 Å². The van der Waals surface area contributed by atoms with E-state index in [-0.39, 0.29) is 23.3 Å². The van der Waals surface area contributed by atoms with Gasteiger partial charge >= 0.3 is 0 Å². The normalized spacial score (nSPS) is 19.1. The molecule has 2 rings (SSSR count). The van der Waals surface area contributed by atoms with E-state index in [4.69, 9.17) is 9.84 Å². The summed E-state index contributed by atoms with van der Waals surface area (Å²) < 4.78 is 5.58. The number of benzene rings is 1. The summed E-state index contributed by atoms with van der Waals surface area (Å²) in [7, 11) is 0. The molecule has 1 atom stereocenters. The molecule has 1 saturated heterocycles. The van der Waals surface area contributed by atoms with E-state index in [2.05, 4.69) is 4.90 Å². The van der Waals surface area contributed by atoms with Crippen LogP contribution in [0.3, 0.4) is 0 Å². The van der Waals surface area contributed by atoms with Crippen LogP contribution in [0.4, 0.5) is 11.4 Å². The third kappa shape index (κ3) is 3.46. The minimum atomic E-state index is -0.359. The Hall–Kier alpha value is -1.66. The number of nitro groups is 1. The van der Waals surface area contributed by atoms with Crippen molar-refractivity contribution in [2.45, 2.75) is 25.9 Å². The lowest BCUT2D eigenvalue weighted by Crippen LogP contribution is -2.40. The van der Waals surface area contributed by atoms with Gasteiger partial charge in [-0.2, -0.15) is 0 Å². The topological polar surface area (TPSA) is 75.8 Å². The molecule has 1 aromatic rings. The van der Waals surface area contributed by atoms with Crippen molar-refractivity contribution in [2.24, 2.45) is 0 Å². The molecule has 1 aromatic carbocycles. The van der Waals surface area contributed by atoms with Crippen LogP contribution in [0.5, 0.6) is 0 Å². The third-order valence-corrected chi connectivity index (χ3v) is 3.57. The Morgan fingerprint density at radius 1 is 1.55 bits per heavy atom. The lowest BCUT2D eigenvalue weighted by molar-refractivity contribution is -0.385. The first-order chi connectivity index (χ1) is 9.61. The monoisotopic (exact) mass is 280 g/mol. The summed E-state index contributed by atoms with van der Waals surface area (Å²) in [6.45, 7) is 3.84. The zero-order valence-corrected chi connectivity index (χ0v) is 11.6. The molecule has 1 fully saturated rings. The van der Waals surface area contributed by atoms with Crippen LogP contribution in [0.1, 0.15) is 18.4 Å². The van der Waals surface area contributed by atoms with Gasteiger partial charge in [-0.1, -0.05) is 0 Å². The number of nitro benzene ring substituents is 1. The van der Waals surface area contributed by atoms with Crippen molar-refractivity contribution >= 4 is 11.4 Å². The summed E-state index contributed by atoms with van der Waals surface area (Å²) in [6, 6.07) is 5.20. The lowest BCUT2D eigenvalue weighted by Gasteiger charge is -2.34. The van der Waals surface area contributed by atoms with Crippen LogP contribution < -0.4 is 4.90 Å². The summed E-state index contributed by atoms with van der Waals surface area (Å²) in [5.41, 5.74) is 1.81. The number of piperidine rings is 1. The number of aliphatic hydroxyl groups is 1. The number of nitrogens with zero attached hydrogens (tertiary/aromatic N) is 2. The fraction of sp³-hybridized carbons (Fsp3) is 0.571. The maximum atomic E-state index is 10.8. The molecule has 0 aliphatic carbocycles. The largest absolute Gasteiger partial charge is 0.394 e. The van der Waals surface area contributed by atoms with Crippen LogP contribution in [0, 0.1) is 17.0 Å². The lowest BCUT2D eigenvalue weighted by atomic mass is 10.1. The maximum absolute atomic E-state index is 10.8. The number of ether oxygens (including phenoxy) is 1. The molecule has 110 valence electrons. The predicted octanol–water partition coefficient (Wildman–Crippen LogP) is 1.88. The fourth-order valence-electron chi connectivity index (χ4n) is 2.57. The van der Waals surface area contributed by atoms with Crippen LogP contribution in [-0.2, 0) is 4.74 Å². The molecular weight excluding hydrogens is 260 g/mol. The molecule has 0 saturated carbocycles. The molecule has 0 spiro atoms. The van der Waals surface area contributed by atoms with Gasteiger partial charge in [-0.15, -0.1) is 0 Å². The summed E-state index contributed by atoms with van der Waals surface area (Å²) >= 11 is 0. The maximum Gasteiger partial charge on any atom is 0.272 e. The molecule has 6 nitrogen and oxygen atoms in total. The average Bonchev–Trinajstić information content (AvgIpc) is 2.45. The van der Waals surface area contributed by atoms with Crippen LogP contribution >= 0.6 is 0 Å². The zero-order chi connectivity index (χ0) is 14.5. The number of aliphatic hydroxyl groups excluding tert-OH is 1. The number of rotatable bonds is 5. The average molecular weight is 280 g/mol. The van der Waals surface area contributed by atoms with Gasteiger partial charge in [0.15, 0.2) is 0 Å². The van der Waals surface area contributed by atoms with Crippen LogP contribution in [0.15, 0.2) is 18.2 Å². The highest BCUT2D eigenvalue weighted by molar-refractivity contribution is 5.55. The molecule has 0 bridgehead atoms. The summed E-state index contributed by atoms with van der Waals surface area (Å²) in [5.74, 6) is 0. The number of anilines is 1. The highest BCUT2D eigenvalue weighted by Gasteiger charge is 2.21. The second-order valence-electron chi connectivity index (χ2n) is 5.03. The van der Waals surface area contributed by atoms with Crippen molar-refractivity contribution in [1.29, 1.82) is 0 Å². The Balaban J connectivity index is 2.07. The smallest absolute Gasteiger partial charge is 0.272 e. The molecule has 0 aromatic heterocycles.